The molecule has 2 rings (SSSR count). The Bertz CT molecular complexity index is 730. The van der Waals surface area contributed by atoms with E-state index in [4.69, 9.17) is 14.2 Å². The van der Waals surface area contributed by atoms with Crippen LogP contribution in [0.5, 0.6) is 17.2 Å². The molecule has 0 unspecified atom stereocenters. The molecule has 126 valence electrons. The van der Waals surface area contributed by atoms with Gasteiger partial charge < -0.3 is 14.2 Å². The van der Waals surface area contributed by atoms with Crippen LogP contribution in [0.3, 0.4) is 0 Å². The first kappa shape index (κ1) is 17.3. The van der Waals surface area contributed by atoms with Crippen LogP contribution in [-0.2, 0) is 6.42 Å². The third kappa shape index (κ3) is 3.84. The summed E-state index contributed by atoms with van der Waals surface area (Å²) in [5.41, 5.74) is 1.46. The van der Waals surface area contributed by atoms with Crippen molar-refractivity contribution in [3.63, 3.8) is 0 Å². The van der Waals surface area contributed by atoms with Crippen LogP contribution >= 0.6 is 0 Å². The number of benzene rings is 2. The molecular formula is C18H19NO5. The van der Waals surface area contributed by atoms with E-state index in [1.165, 1.54) is 6.07 Å². The molecule has 0 aliphatic carbocycles. The van der Waals surface area contributed by atoms with Crippen molar-refractivity contribution in [2.75, 3.05) is 21.3 Å². The van der Waals surface area contributed by atoms with Gasteiger partial charge in [0.15, 0.2) is 0 Å². The van der Waals surface area contributed by atoms with Gasteiger partial charge in [-0.2, -0.15) is 0 Å². The first-order valence-electron chi connectivity index (χ1n) is 7.29. The van der Waals surface area contributed by atoms with E-state index in [-0.39, 0.29) is 5.69 Å². The number of methoxy groups -OCH3 is 3. The smallest absolute Gasteiger partial charge is 0.276 e. The molecule has 0 saturated carbocycles. The zero-order chi connectivity index (χ0) is 17.5. The highest BCUT2D eigenvalue weighted by atomic mass is 16.6. The van der Waals surface area contributed by atoms with Gasteiger partial charge >= 0.3 is 0 Å². The lowest BCUT2D eigenvalue weighted by molar-refractivity contribution is -0.385. The molecule has 0 aliphatic rings. The predicted octanol–water partition coefficient (Wildman–Crippen LogP) is 3.88. The molecule has 0 amide bonds. The number of ether oxygens (including phenoxy) is 3. The molecule has 0 spiro atoms. The molecule has 24 heavy (non-hydrogen) atoms. The molecule has 0 fully saturated rings. The summed E-state index contributed by atoms with van der Waals surface area (Å²) in [6.45, 7) is 0. The van der Waals surface area contributed by atoms with E-state index in [0.717, 1.165) is 5.56 Å². The molecule has 0 aliphatic heterocycles. The Balaban J connectivity index is 2.30. The summed E-state index contributed by atoms with van der Waals surface area (Å²) in [5, 5.41) is 11.0. The molecule has 0 radical (unpaired) electrons. The van der Waals surface area contributed by atoms with Gasteiger partial charge in [-0.25, -0.2) is 0 Å². The number of nitrogens with zero attached hydrogens (tertiary/aromatic N) is 1. The Morgan fingerprint density at radius 1 is 1.04 bits per heavy atom. The maximum Gasteiger partial charge on any atom is 0.276 e. The fourth-order valence-electron chi connectivity index (χ4n) is 2.38. The molecule has 0 heterocycles. The van der Waals surface area contributed by atoms with Gasteiger partial charge in [0.1, 0.15) is 17.2 Å². The zero-order valence-corrected chi connectivity index (χ0v) is 13.8. The summed E-state index contributed by atoms with van der Waals surface area (Å²) in [6.07, 6.45) is 4.07. The minimum absolute atomic E-state index is 0.0717. The fraction of sp³-hybridized carbons (Fsp3) is 0.222. The quantitative estimate of drug-likeness (QED) is 0.569. The van der Waals surface area contributed by atoms with Gasteiger partial charge in [-0.3, -0.25) is 10.1 Å². The molecular weight excluding hydrogens is 310 g/mol. The fourth-order valence-corrected chi connectivity index (χ4v) is 2.38. The Kier molecular flexibility index (Phi) is 5.78. The average molecular weight is 329 g/mol. The zero-order valence-electron chi connectivity index (χ0n) is 13.8. The monoisotopic (exact) mass is 329 g/mol. The van der Waals surface area contributed by atoms with Crippen molar-refractivity contribution in [3.8, 4) is 17.2 Å². The highest BCUT2D eigenvalue weighted by molar-refractivity contribution is 5.61. The minimum Gasteiger partial charge on any atom is -0.496 e. The summed E-state index contributed by atoms with van der Waals surface area (Å²) in [4.78, 5) is 10.6. The molecule has 0 aromatic heterocycles. The molecule has 0 saturated heterocycles. The second-order valence-electron chi connectivity index (χ2n) is 4.93. The van der Waals surface area contributed by atoms with Crippen LogP contribution in [0, 0.1) is 10.1 Å². The van der Waals surface area contributed by atoms with E-state index in [0.29, 0.717) is 29.2 Å². The third-order valence-corrected chi connectivity index (χ3v) is 3.57. The maximum absolute atomic E-state index is 11.0. The average Bonchev–Trinajstić information content (AvgIpc) is 2.61. The molecule has 2 aromatic rings. The number of nitro benzene ring substituents is 1. The first-order valence-corrected chi connectivity index (χ1v) is 7.29. The lowest BCUT2D eigenvalue weighted by Gasteiger charge is -2.13. The molecule has 0 bridgehead atoms. The van der Waals surface area contributed by atoms with Crippen LogP contribution in [0.2, 0.25) is 0 Å². The van der Waals surface area contributed by atoms with E-state index < -0.39 is 4.92 Å². The Morgan fingerprint density at radius 2 is 1.67 bits per heavy atom. The van der Waals surface area contributed by atoms with Gasteiger partial charge in [-0.05, 0) is 12.5 Å². The van der Waals surface area contributed by atoms with Gasteiger partial charge in [-0.15, -0.1) is 0 Å². The van der Waals surface area contributed by atoms with E-state index in [1.54, 1.807) is 57.7 Å². The number of rotatable bonds is 7. The van der Waals surface area contributed by atoms with Crippen LogP contribution in [0.15, 0.2) is 42.5 Å². The number of hydrogen-bond donors (Lipinski definition) is 0. The first-order chi connectivity index (χ1) is 11.6. The highest BCUT2D eigenvalue weighted by Gasteiger charge is 2.13. The molecule has 6 heteroatoms. The molecule has 0 N–H and O–H groups in total. The van der Waals surface area contributed by atoms with E-state index in [2.05, 4.69) is 0 Å². The number of hydrogen-bond acceptors (Lipinski definition) is 5. The third-order valence-electron chi connectivity index (χ3n) is 3.57. The summed E-state index contributed by atoms with van der Waals surface area (Å²) in [6, 6.07) is 10.1. The Labute approximate surface area is 140 Å². The minimum atomic E-state index is -0.395. The van der Waals surface area contributed by atoms with E-state index >= 15 is 0 Å². The van der Waals surface area contributed by atoms with E-state index in [1.807, 2.05) is 6.08 Å². The van der Waals surface area contributed by atoms with Gasteiger partial charge in [0.2, 0.25) is 0 Å². The van der Waals surface area contributed by atoms with Crippen molar-refractivity contribution in [2.45, 2.75) is 6.42 Å². The largest absolute Gasteiger partial charge is 0.496 e. The lowest BCUT2D eigenvalue weighted by Crippen LogP contribution is -1.97. The predicted molar refractivity (Wildman–Crippen MR) is 91.9 cm³/mol. The van der Waals surface area contributed by atoms with Crippen LogP contribution in [0.25, 0.3) is 6.08 Å². The van der Waals surface area contributed by atoms with Gasteiger partial charge in [0.05, 0.1) is 31.8 Å². The van der Waals surface area contributed by atoms with Crippen LogP contribution in [0.4, 0.5) is 5.69 Å². The highest BCUT2D eigenvalue weighted by Crippen LogP contribution is 2.34. The topological polar surface area (TPSA) is 70.8 Å². The summed E-state index contributed by atoms with van der Waals surface area (Å²) in [5.74, 6) is 1.91. The molecule has 0 atom stereocenters. The second kappa shape index (κ2) is 8.01. The number of nitro groups is 1. The number of allylic oxidation sites excluding steroid dienone is 1. The standard InChI is InChI=1S/C18H19NO5/c1-22-14-11-17(23-2)15(18(12-14)24-3)9-6-8-13-7-4-5-10-16(13)19(20)21/h4-8,10-12H,9H2,1-3H3/b8-6+. The Morgan fingerprint density at radius 3 is 2.21 bits per heavy atom. The van der Waals surface area contributed by atoms with Crippen molar-refractivity contribution in [2.24, 2.45) is 0 Å². The van der Waals surface area contributed by atoms with Crippen molar-refractivity contribution in [3.05, 3.63) is 63.7 Å². The number of para-hydroxylation sites is 1. The molecule has 2 aromatic carbocycles. The van der Waals surface area contributed by atoms with Crippen molar-refractivity contribution in [1.29, 1.82) is 0 Å². The summed E-state index contributed by atoms with van der Waals surface area (Å²) >= 11 is 0. The Hall–Kier alpha value is -3.02. The van der Waals surface area contributed by atoms with Gasteiger partial charge in [-0.1, -0.05) is 24.3 Å². The van der Waals surface area contributed by atoms with Crippen LogP contribution in [0.1, 0.15) is 11.1 Å². The maximum atomic E-state index is 11.0. The van der Waals surface area contributed by atoms with Gasteiger partial charge in [0, 0.05) is 23.8 Å². The SMILES string of the molecule is COc1cc(OC)c(C/C=C/c2ccccc2[N+](=O)[O-])c(OC)c1. The van der Waals surface area contributed by atoms with Crippen LogP contribution in [-0.4, -0.2) is 26.3 Å². The molecule has 6 nitrogen and oxygen atoms in total. The summed E-state index contributed by atoms with van der Waals surface area (Å²) in [7, 11) is 4.72. The van der Waals surface area contributed by atoms with Crippen molar-refractivity contribution >= 4 is 11.8 Å². The second-order valence-corrected chi connectivity index (χ2v) is 4.93. The summed E-state index contributed by atoms with van der Waals surface area (Å²) < 4.78 is 16.0. The van der Waals surface area contributed by atoms with Crippen molar-refractivity contribution < 1.29 is 19.1 Å². The van der Waals surface area contributed by atoms with Gasteiger partial charge in [0.25, 0.3) is 5.69 Å². The normalized spacial score (nSPS) is 10.6. The van der Waals surface area contributed by atoms with Crippen molar-refractivity contribution in [1.82, 2.24) is 0 Å². The lowest BCUT2D eigenvalue weighted by atomic mass is 10.1. The van der Waals surface area contributed by atoms with E-state index in [9.17, 15) is 10.1 Å². The van der Waals surface area contributed by atoms with Crippen LogP contribution < -0.4 is 14.2 Å².